The number of likely N-dealkylation sites (N-methyl/N-ethyl adjacent to an activating group) is 1. The number of hydrogen-bond acceptors (Lipinski definition) is 6. The summed E-state index contributed by atoms with van der Waals surface area (Å²) < 4.78 is 0. The molecule has 0 saturated carbocycles. The predicted molar refractivity (Wildman–Crippen MR) is 69.0 cm³/mol. The fourth-order valence-corrected chi connectivity index (χ4v) is 3.63. The van der Waals surface area contributed by atoms with E-state index in [1.807, 2.05) is 0 Å². The van der Waals surface area contributed by atoms with Crippen molar-refractivity contribution in [3.63, 3.8) is 0 Å². The molecule has 2 rings (SSSR count). The van der Waals surface area contributed by atoms with Gasteiger partial charge in [-0.15, -0.1) is 0 Å². The Labute approximate surface area is 119 Å². The van der Waals surface area contributed by atoms with E-state index < -0.39 is 38.4 Å². The van der Waals surface area contributed by atoms with Gasteiger partial charge in [-0.25, -0.2) is 0 Å². The number of ketones is 2. The van der Waals surface area contributed by atoms with Gasteiger partial charge in [0, 0.05) is 22.3 Å². The molecule has 1 heterocycles. The maximum absolute atomic E-state index is 12.2. The average molecular weight is 298 g/mol. The molecule has 9 nitrogen and oxygen atoms in total. The third-order valence-corrected chi connectivity index (χ3v) is 4.44. The number of nitro groups is 2. The van der Waals surface area contributed by atoms with Crippen molar-refractivity contribution in [3.8, 4) is 0 Å². The summed E-state index contributed by atoms with van der Waals surface area (Å²) in [7, 11) is 1.58. The quantitative estimate of drug-likeness (QED) is 0.486. The Balaban J connectivity index is 2.71. The second kappa shape index (κ2) is 4.69. The van der Waals surface area contributed by atoms with Crippen molar-refractivity contribution < 1.29 is 24.3 Å². The fourth-order valence-electron chi connectivity index (χ4n) is 3.63. The molecule has 4 atom stereocenters. The smallest absolute Gasteiger partial charge is 0.325 e. The Hall–Kier alpha value is -2.16. The molecule has 0 amide bonds. The van der Waals surface area contributed by atoms with Crippen LogP contribution in [0.5, 0.6) is 0 Å². The van der Waals surface area contributed by atoms with E-state index >= 15 is 0 Å². The van der Waals surface area contributed by atoms with Crippen LogP contribution in [0, 0.1) is 26.1 Å². The Morgan fingerprint density at radius 2 is 2.00 bits per heavy atom. The van der Waals surface area contributed by atoms with E-state index in [0.717, 1.165) is 12.2 Å². The number of likely N-dealkylation sites (tertiary alicyclic amines) is 1. The number of carbonyl (C=O) groups is 2. The van der Waals surface area contributed by atoms with E-state index in [9.17, 15) is 29.8 Å². The van der Waals surface area contributed by atoms with Crippen LogP contribution in [0.15, 0.2) is 12.2 Å². The van der Waals surface area contributed by atoms with Crippen LogP contribution in [0.25, 0.3) is 0 Å². The molecule has 1 N–H and O–H groups in total. The maximum Gasteiger partial charge on any atom is 0.340 e. The standard InChI is InChI=1S/C12H15N3O6/c1-8(16)5-9-11(14(18)19)4-3-10(17)12(9,15(20)21)7-13(2)6-11/h3-4,9H,5-7H2,1-2H3/p+1/t9-,11+,12+/m0/s1. The number of piperidine rings is 1. The van der Waals surface area contributed by atoms with E-state index in [2.05, 4.69) is 0 Å². The Bertz CT molecular complexity index is 573. The van der Waals surface area contributed by atoms with Gasteiger partial charge >= 0.3 is 5.54 Å². The van der Waals surface area contributed by atoms with Crippen molar-refractivity contribution in [1.82, 2.24) is 0 Å². The first-order valence-electron chi connectivity index (χ1n) is 6.50. The van der Waals surface area contributed by atoms with E-state index in [1.165, 1.54) is 6.92 Å². The molecule has 114 valence electrons. The highest BCUT2D eigenvalue weighted by atomic mass is 16.6. The first-order chi connectivity index (χ1) is 9.66. The second-order valence-corrected chi connectivity index (χ2v) is 5.90. The van der Waals surface area contributed by atoms with Gasteiger partial charge in [0.05, 0.1) is 7.05 Å². The highest BCUT2D eigenvalue weighted by Crippen LogP contribution is 2.42. The van der Waals surface area contributed by atoms with Crippen LogP contribution in [0.2, 0.25) is 0 Å². The number of rotatable bonds is 4. The summed E-state index contributed by atoms with van der Waals surface area (Å²) >= 11 is 0. The van der Waals surface area contributed by atoms with Crippen LogP contribution in [-0.2, 0) is 9.59 Å². The number of quaternary nitrogens is 1. The first-order valence-corrected chi connectivity index (χ1v) is 6.50. The summed E-state index contributed by atoms with van der Waals surface area (Å²) in [5, 5.41) is 23.2. The number of Topliss-reactive ketones (excluding diaryl/α,β-unsaturated/α-hetero) is 1. The lowest BCUT2D eigenvalue weighted by Gasteiger charge is -2.44. The van der Waals surface area contributed by atoms with Crippen molar-refractivity contribution in [1.29, 1.82) is 0 Å². The van der Waals surface area contributed by atoms with Crippen molar-refractivity contribution in [2.45, 2.75) is 24.4 Å². The normalized spacial score (nSPS) is 38.1. The summed E-state index contributed by atoms with van der Waals surface area (Å²) in [6, 6.07) is 0. The van der Waals surface area contributed by atoms with Gasteiger partial charge in [0.2, 0.25) is 5.78 Å². The van der Waals surface area contributed by atoms with Crippen LogP contribution in [-0.4, -0.2) is 52.6 Å². The third-order valence-electron chi connectivity index (χ3n) is 4.44. The minimum atomic E-state index is -2.10. The van der Waals surface area contributed by atoms with Crippen molar-refractivity contribution >= 4 is 11.6 Å². The van der Waals surface area contributed by atoms with Gasteiger partial charge < -0.3 is 9.69 Å². The summed E-state index contributed by atoms with van der Waals surface area (Å²) in [4.78, 5) is 46.1. The van der Waals surface area contributed by atoms with Gasteiger partial charge in [-0.2, -0.15) is 0 Å². The fraction of sp³-hybridized carbons (Fsp3) is 0.667. The highest BCUT2D eigenvalue weighted by Gasteiger charge is 2.76. The number of hydrogen-bond donors (Lipinski definition) is 1. The van der Waals surface area contributed by atoms with Crippen molar-refractivity contribution in [3.05, 3.63) is 32.4 Å². The molecule has 0 radical (unpaired) electrons. The number of nitrogens with zero attached hydrogens (tertiary/aromatic N) is 2. The second-order valence-electron chi connectivity index (χ2n) is 5.90. The highest BCUT2D eigenvalue weighted by molar-refractivity contribution is 5.99. The molecule has 21 heavy (non-hydrogen) atoms. The molecule has 0 aromatic carbocycles. The SMILES string of the molecule is CC(=O)C[C@@H]1[C@]2([N+](=O)[O-])C[NH+](C)C[C@]1([N+](=O)[O-])C=CC2=O. The van der Waals surface area contributed by atoms with Crippen LogP contribution < -0.4 is 4.90 Å². The van der Waals surface area contributed by atoms with Gasteiger partial charge in [-0.05, 0) is 13.0 Å². The van der Waals surface area contributed by atoms with E-state index in [4.69, 9.17) is 0 Å². The Morgan fingerprint density at radius 3 is 2.48 bits per heavy atom. The minimum absolute atomic E-state index is 0.0112. The monoisotopic (exact) mass is 298 g/mol. The summed E-state index contributed by atoms with van der Waals surface area (Å²) in [6.45, 7) is 1.07. The molecular formula is C12H16N3O6+. The lowest BCUT2D eigenvalue weighted by atomic mass is 9.61. The van der Waals surface area contributed by atoms with Gasteiger partial charge in [-0.1, -0.05) is 0 Å². The molecule has 0 aromatic rings. The molecule has 0 aromatic heterocycles. The molecule has 1 saturated heterocycles. The average Bonchev–Trinajstić information content (AvgIpc) is 2.35. The van der Waals surface area contributed by atoms with E-state index in [0.29, 0.717) is 4.90 Å². The Kier molecular flexibility index (Phi) is 3.40. The van der Waals surface area contributed by atoms with Crippen LogP contribution >= 0.6 is 0 Å². The Morgan fingerprint density at radius 1 is 1.38 bits per heavy atom. The molecule has 2 aliphatic rings. The molecule has 1 fully saturated rings. The largest absolute Gasteiger partial charge is 0.340 e. The zero-order chi connectivity index (χ0) is 16.0. The molecule has 1 aliphatic carbocycles. The van der Waals surface area contributed by atoms with Gasteiger partial charge in [0.15, 0.2) is 13.1 Å². The molecular weight excluding hydrogens is 282 g/mol. The number of fused-ring (bicyclic) bond motifs is 2. The van der Waals surface area contributed by atoms with Crippen molar-refractivity contribution in [2.75, 3.05) is 20.1 Å². The zero-order valence-electron chi connectivity index (χ0n) is 11.7. The molecule has 9 heteroatoms. The van der Waals surface area contributed by atoms with Crippen molar-refractivity contribution in [2.24, 2.45) is 5.92 Å². The molecule has 0 spiro atoms. The first kappa shape index (κ1) is 15.2. The third kappa shape index (κ3) is 1.96. The van der Waals surface area contributed by atoms with E-state index in [1.54, 1.807) is 7.05 Å². The van der Waals surface area contributed by atoms with Gasteiger partial charge in [0.25, 0.3) is 5.54 Å². The predicted octanol–water partition coefficient (Wildman–Crippen LogP) is -1.72. The lowest BCUT2D eigenvalue weighted by Crippen LogP contribution is -3.17. The van der Waals surface area contributed by atoms with Crippen LogP contribution in [0.1, 0.15) is 13.3 Å². The summed E-state index contributed by atoms with van der Waals surface area (Å²) in [5.74, 6) is -2.43. The van der Waals surface area contributed by atoms with Crippen LogP contribution in [0.3, 0.4) is 0 Å². The maximum atomic E-state index is 12.2. The number of carbonyl (C=O) groups excluding carboxylic acids is 2. The summed E-state index contributed by atoms with van der Waals surface area (Å²) in [5.41, 5.74) is -3.86. The van der Waals surface area contributed by atoms with Crippen LogP contribution in [0.4, 0.5) is 0 Å². The van der Waals surface area contributed by atoms with Gasteiger partial charge in [0.1, 0.15) is 11.7 Å². The molecule has 1 aliphatic heterocycles. The molecule has 2 bridgehead atoms. The van der Waals surface area contributed by atoms with Gasteiger partial charge in [-0.3, -0.25) is 25.0 Å². The number of nitrogens with one attached hydrogen (secondary N) is 1. The zero-order valence-corrected chi connectivity index (χ0v) is 11.7. The minimum Gasteiger partial charge on any atom is -0.325 e. The lowest BCUT2D eigenvalue weighted by molar-refractivity contribution is -0.927. The van der Waals surface area contributed by atoms with E-state index in [-0.39, 0.29) is 19.5 Å². The summed E-state index contributed by atoms with van der Waals surface area (Å²) in [6.07, 6.45) is 1.72. The topological polar surface area (TPSA) is 125 Å². The molecule has 1 unspecified atom stereocenters.